The Labute approximate surface area is 113 Å². The molecule has 5 heteroatoms. The van der Waals surface area contributed by atoms with Crippen LogP contribution in [0.25, 0.3) is 6.08 Å². The minimum atomic E-state index is -1.06. The van der Waals surface area contributed by atoms with Gasteiger partial charge < -0.3 is 9.84 Å². The Bertz CT molecular complexity index is 666. The fourth-order valence-electron chi connectivity index (χ4n) is 1.53. The number of carboxylic acid groups (broad SMARTS) is 1. The van der Waals surface area contributed by atoms with Gasteiger partial charge in [0.25, 0.3) is 0 Å². The summed E-state index contributed by atoms with van der Waals surface area (Å²) >= 11 is 0. The molecule has 0 unspecified atom stereocenters. The topological polar surface area (TPSA) is 46.5 Å². The molecule has 0 spiro atoms. The van der Waals surface area contributed by atoms with Gasteiger partial charge in [0, 0.05) is 12.1 Å². The molecule has 0 aliphatic carbocycles. The molecule has 0 saturated heterocycles. The van der Waals surface area contributed by atoms with Gasteiger partial charge in [0.2, 0.25) is 0 Å². The molecule has 1 N–H and O–H groups in total. The highest BCUT2D eigenvalue weighted by Crippen LogP contribution is 2.24. The van der Waals surface area contributed by atoms with Crippen LogP contribution >= 0.6 is 0 Å². The highest BCUT2D eigenvalue weighted by molar-refractivity contribution is 5.85. The lowest BCUT2D eigenvalue weighted by atomic mass is 10.2. The van der Waals surface area contributed by atoms with E-state index in [4.69, 9.17) is 9.84 Å². The summed E-state index contributed by atoms with van der Waals surface area (Å²) in [6.45, 7) is 0. The third-order valence-corrected chi connectivity index (χ3v) is 2.40. The Morgan fingerprint density at radius 3 is 2.50 bits per heavy atom. The molecule has 20 heavy (non-hydrogen) atoms. The lowest BCUT2D eigenvalue weighted by molar-refractivity contribution is -0.131. The first-order valence-corrected chi connectivity index (χ1v) is 5.68. The van der Waals surface area contributed by atoms with E-state index in [2.05, 4.69) is 0 Å². The zero-order valence-corrected chi connectivity index (χ0v) is 10.2. The van der Waals surface area contributed by atoms with Crippen molar-refractivity contribution < 1.29 is 23.4 Å². The van der Waals surface area contributed by atoms with E-state index in [1.54, 1.807) is 24.3 Å². The third-order valence-electron chi connectivity index (χ3n) is 2.40. The highest BCUT2D eigenvalue weighted by Gasteiger charge is 2.04. The number of aliphatic carboxylic acids is 1. The molecule has 0 aliphatic heterocycles. The lowest BCUT2D eigenvalue weighted by Crippen LogP contribution is -1.89. The van der Waals surface area contributed by atoms with Crippen molar-refractivity contribution in [3.05, 3.63) is 65.7 Å². The van der Waals surface area contributed by atoms with Crippen LogP contribution in [0.1, 0.15) is 5.56 Å². The fourth-order valence-corrected chi connectivity index (χ4v) is 1.53. The molecule has 0 aliphatic rings. The fraction of sp³-hybridized carbons (Fsp3) is 0. The summed E-state index contributed by atoms with van der Waals surface area (Å²) in [5.41, 5.74) is 0.618. The third kappa shape index (κ3) is 3.65. The normalized spacial score (nSPS) is 10.7. The van der Waals surface area contributed by atoms with E-state index in [9.17, 15) is 13.6 Å². The van der Waals surface area contributed by atoms with Crippen LogP contribution in [0.4, 0.5) is 8.78 Å². The minimum absolute atomic E-state index is 0.156. The number of benzene rings is 2. The monoisotopic (exact) mass is 276 g/mol. The molecule has 0 atom stereocenters. The second-order valence-electron chi connectivity index (χ2n) is 3.92. The first-order chi connectivity index (χ1) is 9.54. The number of hydrogen-bond donors (Lipinski definition) is 1. The smallest absolute Gasteiger partial charge is 0.328 e. The standard InChI is InChI=1S/C15H10F2O3/c16-13-6-5-12(9-14(13)17)20-11-3-1-2-10(8-11)4-7-15(18)19/h1-9H,(H,18,19). The number of halogens is 2. The minimum Gasteiger partial charge on any atom is -0.478 e. The van der Waals surface area contributed by atoms with Crippen LogP contribution < -0.4 is 4.74 Å². The molecule has 2 rings (SSSR count). The van der Waals surface area contributed by atoms with Gasteiger partial charge in [-0.3, -0.25) is 0 Å². The highest BCUT2D eigenvalue weighted by atomic mass is 19.2. The summed E-state index contributed by atoms with van der Waals surface area (Å²) in [5.74, 6) is -2.45. The van der Waals surface area contributed by atoms with Crippen LogP contribution in [0.2, 0.25) is 0 Å². The van der Waals surface area contributed by atoms with E-state index < -0.39 is 17.6 Å². The zero-order valence-electron chi connectivity index (χ0n) is 10.2. The summed E-state index contributed by atoms with van der Waals surface area (Å²) in [6.07, 6.45) is 2.40. The summed E-state index contributed by atoms with van der Waals surface area (Å²) < 4.78 is 31.2. The molecule has 0 radical (unpaired) electrons. The molecule has 0 aromatic heterocycles. The maximum Gasteiger partial charge on any atom is 0.328 e. The van der Waals surface area contributed by atoms with Gasteiger partial charge in [0.05, 0.1) is 0 Å². The maximum absolute atomic E-state index is 13.0. The molecule has 0 fully saturated rings. The van der Waals surface area contributed by atoms with Crippen LogP contribution in [-0.2, 0) is 4.79 Å². The van der Waals surface area contributed by atoms with E-state index >= 15 is 0 Å². The molecule has 3 nitrogen and oxygen atoms in total. The second-order valence-corrected chi connectivity index (χ2v) is 3.92. The van der Waals surface area contributed by atoms with Gasteiger partial charge in [0.15, 0.2) is 11.6 Å². The summed E-state index contributed by atoms with van der Waals surface area (Å²) in [4.78, 5) is 10.4. The first-order valence-electron chi connectivity index (χ1n) is 5.68. The lowest BCUT2D eigenvalue weighted by Gasteiger charge is -2.06. The van der Waals surface area contributed by atoms with Crippen molar-refractivity contribution >= 4 is 12.0 Å². The SMILES string of the molecule is O=C(O)C=Cc1cccc(Oc2ccc(F)c(F)c2)c1. The molecule has 0 bridgehead atoms. The Balaban J connectivity index is 2.19. The van der Waals surface area contributed by atoms with E-state index in [-0.39, 0.29) is 5.75 Å². The largest absolute Gasteiger partial charge is 0.478 e. The van der Waals surface area contributed by atoms with Crippen LogP contribution in [0.5, 0.6) is 11.5 Å². The van der Waals surface area contributed by atoms with E-state index in [1.807, 2.05) is 0 Å². The second kappa shape index (κ2) is 5.97. The van der Waals surface area contributed by atoms with Crippen molar-refractivity contribution in [3.8, 4) is 11.5 Å². The van der Waals surface area contributed by atoms with Gasteiger partial charge in [-0.2, -0.15) is 0 Å². The van der Waals surface area contributed by atoms with E-state index in [0.717, 1.165) is 18.2 Å². The van der Waals surface area contributed by atoms with Crippen molar-refractivity contribution in [1.29, 1.82) is 0 Å². The average molecular weight is 276 g/mol. The molecular formula is C15H10F2O3. The quantitative estimate of drug-likeness (QED) is 0.863. The van der Waals surface area contributed by atoms with E-state index in [1.165, 1.54) is 12.1 Å². The van der Waals surface area contributed by atoms with Crippen molar-refractivity contribution in [3.63, 3.8) is 0 Å². The average Bonchev–Trinajstić information content (AvgIpc) is 2.41. The number of carbonyl (C=O) groups is 1. The van der Waals surface area contributed by atoms with Gasteiger partial charge in [-0.15, -0.1) is 0 Å². The maximum atomic E-state index is 13.0. The Morgan fingerprint density at radius 1 is 1.05 bits per heavy atom. The first kappa shape index (κ1) is 13.7. The molecule has 2 aromatic carbocycles. The van der Waals surface area contributed by atoms with Gasteiger partial charge in [-0.25, -0.2) is 13.6 Å². The van der Waals surface area contributed by atoms with Crippen LogP contribution in [0.15, 0.2) is 48.5 Å². The van der Waals surface area contributed by atoms with Crippen molar-refractivity contribution in [2.24, 2.45) is 0 Å². The predicted molar refractivity (Wildman–Crippen MR) is 69.5 cm³/mol. The predicted octanol–water partition coefficient (Wildman–Crippen LogP) is 3.85. The summed E-state index contributed by atoms with van der Waals surface area (Å²) in [5, 5.41) is 8.54. The van der Waals surface area contributed by atoms with Gasteiger partial charge >= 0.3 is 5.97 Å². The molecule has 0 saturated carbocycles. The molecule has 2 aromatic rings. The summed E-state index contributed by atoms with van der Waals surface area (Å²) in [7, 11) is 0. The van der Waals surface area contributed by atoms with Crippen LogP contribution in [-0.4, -0.2) is 11.1 Å². The van der Waals surface area contributed by atoms with E-state index in [0.29, 0.717) is 11.3 Å². The Kier molecular flexibility index (Phi) is 4.10. The number of ether oxygens (including phenoxy) is 1. The Hall–Kier alpha value is -2.69. The van der Waals surface area contributed by atoms with Crippen LogP contribution in [0, 0.1) is 11.6 Å². The number of hydrogen-bond acceptors (Lipinski definition) is 2. The van der Waals surface area contributed by atoms with Crippen molar-refractivity contribution in [2.45, 2.75) is 0 Å². The van der Waals surface area contributed by atoms with Crippen molar-refractivity contribution in [1.82, 2.24) is 0 Å². The van der Waals surface area contributed by atoms with Crippen LogP contribution in [0.3, 0.4) is 0 Å². The molecular weight excluding hydrogens is 266 g/mol. The van der Waals surface area contributed by atoms with Crippen molar-refractivity contribution in [2.75, 3.05) is 0 Å². The molecule has 0 heterocycles. The van der Waals surface area contributed by atoms with Gasteiger partial charge in [-0.1, -0.05) is 12.1 Å². The summed E-state index contributed by atoms with van der Waals surface area (Å²) in [6, 6.07) is 9.78. The number of rotatable bonds is 4. The Morgan fingerprint density at radius 2 is 1.80 bits per heavy atom. The molecule has 102 valence electrons. The molecule has 0 amide bonds. The van der Waals surface area contributed by atoms with Gasteiger partial charge in [-0.05, 0) is 35.9 Å². The van der Waals surface area contributed by atoms with Gasteiger partial charge in [0.1, 0.15) is 11.5 Å². The zero-order chi connectivity index (χ0) is 14.5. The number of carboxylic acids is 1.